The van der Waals surface area contributed by atoms with Crippen molar-refractivity contribution in [3.63, 3.8) is 0 Å². The van der Waals surface area contributed by atoms with Crippen molar-refractivity contribution in [3.8, 4) is 11.5 Å². The van der Waals surface area contributed by atoms with Crippen molar-refractivity contribution in [3.05, 3.63) is 60.6 Å². The summed E-state index contributed by atoms with van der Waals surface area (Å²) in [5, 5.41) is 6.41. The fourth-order valence-electron chi connectivity index (χ4n) is 2.85. The number of alkyl halides is 3. The molecule has 0 aromatic carbocycles. The van der Waals surface area contributed by atoms with Gasteiger partial charge in [-0.2, -0.15) is 18.3 Å². The van der Waals surface area contributed by atoms with Crippen molar-refractivity contribution in [2.45, 2.75) is 19.1 Å². The molecular formula is C18H15F3N6O2. The Bertz CT molecular complexity index is 1120. The first-order valence-electron chi connectivity index (χ1n) is 8.67. The summed E-state index contributed by atoms with van der Waals surface area (Å²) in [5.41, 5.74) is -1.33. The molecule has 4 aromatic heterocycles. The van der Waals surface area contributed by atoms with Crippen molar-refractivity contribution >= 4 is 11.6 Å². The number of imidazole rings is 1. The number of nitrogens with one attached hydrogen (secondary N) is 1. The summed E-state index contributed by atoms with van der Waals surface area (Å²) in [6, 6.07) is 3.87. The number of carbonyl (C=O) groups is 1. The summed E-state index contributed by atoms with van der Waals surface area (Å²) in [7, 11) is 0. The molecule has 4 heterocycles. The lowest BCUT2D eigenvalue weighted by atomic mass is 10.2. The van der Waals surface area contributed by atoms with Gasteiger partial charge in [-0.15, -0.1) is 0 Å². The van der Waals surface area contributed by atoms with Gasteiger partial charge in [-0.1, -0.05) is 0 Å². The maximum atomic E-state index is 13.5. The van der Waals surface area contributed by atoms with Crippen molar-refractivity contribution in [1.82, 2.24) is 29.5 Å². The molecule has 4 rings (SSSR count). The molecule has 0 radical (unpaired) electrons. The smallest absolute Gasteiger partial charge is 0.433 e. The minimum absolute atomic E-state index is 0.0375. The highest BCUT2D eigenvalue weighted by Crippen LogP contribution is 2.32. The lowest BCUT2D eigenvalue weighted by molar-refractivity contribution is -0.142. The zero-order valence-corrected chi connectivity index (χ0v) is 14.9. The Hall–Kier alpha value is -3.63. The maximum absolute atomic E-state index is 13.5. The maximum Gasteiger partial charge on any atom is 0.433 e. The average Bonchev–Trinajstić information content (AvgIpc) is 3.45. The van der Waals surface area contributed by atoms with Crippen molar-refractivity contribution < 1.29 is 22.4 Å². The Balaban J connectivity index is 1.61. The van der Waals surface area contributed by atoms with E-state index in [1.165, 1.54) is 12.3 Å². The minimum Gasteiger partial charge on any atom is -0.463 e. The number of furan rings is 1. The van der Waals surface area contributed by atoms with E-state index in [1.54, 1.807) is 24.8 Å². The summed E-state index contributed by atoms with van der Waals surface area (Å²) in [6.45, 7) is 0.979. The molecule has 0 aliphatic rings. The van der Waals surface area contributed by atoms with Crippen molar-refractivity contribution in [1.29, 1.82) is 0 Å². The summed E-state index contributed by atoms with van der Waals surface area (Å²) in [6.07, 6.45) is 3.45. The predicted octanol–water partition coefficient (Wildman–Crippen LogP) is 3.02. The van der Waals surface area contributed by atoms with Crippen LogP contribution in [0.2, 0.25) is 0 Å². The number of halogens is 3. The topological polar surface area (TPSA) is 90.2 Å². The predicted molar refractivity (Wildman–Crippen MR) is 94.9 cm³/mol. The molecule has 150 valence electrons. The summed E-state index contributed by atoms with van der Waals surface area (Å²) < 4.78 is 48.2. The molecule has 0 aliphatic heterocycles. The van der Waals surface area contributed by atoms with E-state index in [0.717, 1.165) is 12.3 Å². The van der Waals surface area contributed by atoms with Crippen LogP contribution in [0.3, 0.4) is 0 Å². The molecule has 29 heavy (non-hydrogen) atoms. The molecule has 4 aromatic rings. The van der Waals surface area contributed by atoms with Gasteiger partial charge >= 0.3 is 6.18 Å². The van der Waals surface area contributed by atoms with E-state index in [2.05, 4.69) is 20.4 Å². The molecule has 0 spiro atoms. The molecule has 0 saturated carbocycles. The van der Waals surface area contributed by atoms with Gasteiger partial charge in [0.25, 0.3) is 5.91 Å². The Kier molecular flexibility index (Phi) is 4.79. The number of carbonyl (C=O) groups excluding carboxylic acids is 1. The quantitative estimate of drug-likeness (QED) is 0.499. The minimum atomic E-state index is -4.69. The van der Waals surface area contributed by atoms with E-state index in [1.807, 2.05) is 4.57 Å². The van der Waals surface area contributed by atoms with Gasteiger partial charge in [-0.3, -0.25) is 4.79 Å². The van der Waals surface area contributed by atoms with Crippen LogP contribution in [0.5, 0.6) is 0 Å². The van der Waals surface area contributed by atoms with Crippen LogP contribution in [0.15, 0.2) is 53.8 Å². The molecular weight excluding hydrogens is 389 g/mol. The van der Waals surface area contributed by atoms with Crippen LogP contribution >= 0.6 is 0 Å². The van der Waals surface area contributed by atoms with E-state index in [0.29, 0.717) is 24.0 Å². The molecule has 8 nitrogen and oxygen atoms in total. The highest BCUT2D eigenvalue weighted by Gasteiger charge is 2.36. The van der Waals surface area contributed by atoms with E-state index in [9.17, 15) is 18.0 Å². The van der Waals surface area contributed by atoms with E-state index >= 15 is 0 Å². The fourth-order valence-corrected chi connectivity index (χ4v) is 2.85. The van der Waals surface area contributed by atoms with Crippen molar-refractivity contribution in [2.24, 2.45) is 0 Å². The van der Waals surface area contributed by atoms with E-state index < -0.39 is 17.8 Å². The van der Waals surface area contributed by atoms with Crippen LogP contribution in [0.1, 0.15) is 22.5 Å². The number of aryl methyl sites for hydroxylation is 1. The second-order valence-corrected chi connectivity index (χ2v) is 6.21. The Labute approximate surface area is 162 Å². The molecule has 0 saturated heterocycles. The summed E-state index contributed by atoms with van der Waals surface area (Å²) >= 11 is 0. The normalized spacial score (nSPS) is 11.8. The molecule has 0 aliphatic carbocycles. The first-order valence-corrected chi connectivity index (χ1v) is 8.67. The molecule has 0 unspecified atom stereocenters. The van der Waals surface area contributed by atoms with Crippen LogP contribution in [-0.2, 0) is 12.7 Å². The summed E-state index contributed by atoms with van der Waals surface area (Å²) in [5.74, 6) is -0.395. The van der Waals surface area contributed by atoms with Crippen molar-refractivity contribution in [2.75, 3.05) is 6.54 Å². The van der Waals surface area contributed by atoms with Gasteiger partial charge in [0, 0.05) is 25.5 Å². The summed E-state index contributed by atoms with van der Waals surface area (Å²) in [4.78, 5) is 20.6. The first kappa shape index (κ1) is 18.7. The highest BCUT2D eigenvalue weighted by molar-refractivity contribution is 5.99. The molecule has 1 amide bonds. The third-order valence-electron chi connectivity index (χ3n) is 4.22. The van der Waals surface area contributed by atoms with E-state index in [4.69, 9.17) is 4.42 Å². The fraction of sp³-hybridized carbons (Fsp3) is 0.222. The number of amides is 1. The second-order valence-electron chi connectivity index (χ2n) is 6.21. The van der Waals surface area contributed by atoms with Gasteiger partial charge < -0.3 is 14.3 Å². The molecule has 1 N–H and O–H groups in total. The molecule has 0 fully saturated rings. The van der Waals surface area contributed by atoms with Crippen LogP contribution in [0.4, 0.5) is 13.2 Å². The lowest BCUT2D eigenvalue weighted by Gasteiger charge is -2.10. The molecule has 11 heteroatoms. The van der Waals surface area contributed by atoms with Crippen LogP contribution in [0, 0.1) is 0 Å². The van der Waals surface area contributed by atoms with Gasteiger partial charge in [-0.25, -0.2) is 14.5 Å². The number of hydrogen-bond acceptors (Lipinski definition) is 5. The lowest BCUT2D eigenvalue weighted by Crippen LogP contribution is -2.25. The monoisotopic (exact) mass is 404 g/mol. The standard InChI is InChI=1S/C18H15F3N6O2/c19-18(20,21)15-9-13(14-3-1-8-29-14)25-16-12(10-24-27(15)16)17(28)23-4-2-6-26-7-5-22-11-26/h1,3,5,7-11H,2,4,6H2,(H,23,28). The van der Waals surface area contributed by atoms with Gasteiger partial charge in [0.15, 0.2) is 17.1 Å². The van der Waals surface area contributed by atoms with Crippen LogP contribution in [0.25, 0.3) is 17.1 Å². The molecule has 0 atom stereocenters. The number of aromatic nitrogens is 5. The van der Waals surface area contributed by atoms with Gasteiger partial charge in [-0.05, 0) is 24.6 Å². The number of nitrogens with zero attached hydrogens (tertiary/aromatic N) is 5. The third-order valence-corrected chi connectivity index (χ3v) is 4.22. The first-order chi connectivity index (χ1) is 13.9. The van der Waals surface area contributed by atoms with Gasteiger partial charge in [0.2, 0.25) is 0 Å². The van der Waals surface area contributed by atoms with Crippen LogP contribution < -0.4 is 5.32 Å². The number of fused-ring (bicyclic) bond motifs is 1. The SMILES string of the molecule is O=C(NCCCn1ccnc1)c1cnn2c(C(F)(F)F)cc(-c3ccco3)nc12. The highest BCUT2D eigenvalue weighted by atomic mass is 19.4. The largest absolute Gasteiger partial charge is 0.463 e. The molecule has 0 bridgehead atoms. The average molecular weight is 404 g/mol. The van der Waals surface area contributed by atoms with Gasteiger partial charge in [0.05, 0.1) is 18.8 Å². The third kappa shape index (κ3) is 3.84. The number of hydrogen-bond donors (Lipinski definition) is 1. The Morgan fingerprint density at radius 2 is 2.17 bits per heavy atom. The van der Waals surface area contributed by atoms with E-state index in [-0.39, 0.29) is 22.7 Å². The Morgan fingerprint density at radius 1 is 1.31 bits per heavy atom. The zero-order chi connectivity index (χ0) is 20.4. The van der Waals surface area contributed by atoms with Crippen LogP contribution in [-0.4, -0.2) is 36.6 Å². The van der Waals surface area contributed by atoms with Gasteiger partial charge in [0.1, 0.15) is 11.3 Å². The second kappa shape index (κ2) is 7.41. The zero-order valence-electron chi connectivity index (χ0n) is 14.9. The number of rotatable bonds is 6. The Morgan fingerprint density at radius 3 is 2.86 bits per heavy atom.